The molecule has 0 spiro atoms. The fourth-order valence-corrected chi connectivity index (χ4v) is 5.29. The molecular weight excluding hydrogens is 412 g/mol. The first-order valence-electron chi connectivity index (χ1n) is 16.5. The van der Waals surface area contributed by atoms with Gasteiger partial charge in [-0.05, 0) is 12.8 Å². The first kappa shape index (κ1) is 34.0. The maximum absolute atomic E-state index is 10.2. The highest BCUT2D eigenvalue weighted by Crippen LogP contribution is 2.17. The first-order valence-corrected chi connectivity index (χ1v) is 16.5. The molecule has 0 aliphatic heterocycles. The minimum absolute atomic E-state index is 0.0321. The van der Waals surface area contributed by atoms with E-state index in [-0.39, 0.29) is 6.10 Å². The Balaban J connectivity index is 3.11. The van der Waals surface area contributed by atoms with Crippen molar-refractivity contribution in [1.82, 2.24) is 0 Å². The third-order valence-electron chi connectivity index (χ3n) is 7.78. The van der Waals surface area contributed by atoms with Gasteiger partial charge in [0.2, 0.25) is 0 Å². The van der Waals surface area contributed by atoms with Crippen LogP contribution in [0.1, 0.15) is 206 Å². The summed E-state index contributed by atoms with van der Waals surface area (Å²) in [6.07, 6.45) is 41.6. The van der Waals surface area contributed by atoms with Crippen molar-refractivity contribution in [3.63, 3.8) is 0 Å². The largest absolute Gasteiger partial charge is 0.393 e. The number of rotatable bonds is 30. The molecule has 206 valence electrons. The van der Waals surface area contributed by atoms with Gasteiger partial charge in [-0.2, -0.15) is 0 Å². The predicted octanol–water partition coefficient (Wildman–Crippen LogP) is 12.1. The van der Waals surface area contributed by atoms with E-state index in [2.05, 4.69) is 13.8 Å². The molecule has 1 atom stereocenters. The molecule has 0 bridgehead atoms. The molecule has 1 nitrogen and oxygen atoms in total. The normalized spacial score (nSPS) is 12.4. The van der Waals surface area contributed by atoms with E-state index < -0.39 is 0 Å². The van der Waals surface area contributed by atoms with Gasteiger partial charge in [-0.3, -0.25) is 0 Å². The van der Waals surface area contributed by atoms with Gasteiger partial charge in [0.1, 0.15) is 0 Å². The molecule has 1 unspecified atom stereocenters. The SMILES string of the molecule is CCCCCCCCCCCCCCCCCCCCCC(O)CCCCCCCCCCC. The number of aliphatic hydroxyl groups excluding tert-OH is 1. The second kappa shape index (κ2) is 31.0. The summed E-state index contributed by atoms with van der Waals surface area (Å²) in [6, 6.07) is 0. The Kier molecular flexibility index (Phi) is 31.0. The fourth-order valence-electron chi connectivity index (χ4n) is 5.29. The van der Waals surface area contributed by atoms with Crippen molar-refractivity contribution in [1.29, 1.82) is 0 Å². The molecule has 0 aliphatic rings. The summed E-state index contributed by atoms with van der Waals surface area (Å²) in [4.78, 5) is 0. The standard InChI is InChI=1S/C33H68O/c1-3-5-7-9-11-13-14-15-16-17-18-19-20-21-22-24-26-28-30-32-33(34)31-29-27-25-23-12-10-8-6-4-2/h33-34H,3-32H2,1-2H3. The van der Waals surface area contributed by atoms with Crippen molar-refractivity contribution in [2.45, 2.75) is 213 Å². The second-order valence-corrected chi connectivity index (χ2v) is 11.4. The summed E-state index contributed by atoms with van der Waals surface area (Å²) >= 11 is 0. The van der Waals surface area contributed by atoms with Crippen molar-refractivity contribution in [3.8, 4) is 0 Å². The maximum Gasteiger partial charge on any atom is 0.0540 e. The van der Waals surface area contributed by atoms with E-state index in [4.69, 9.17) is 0 Å². The minimum Gasteiger partial charge on any atom is -0.393 e. The van der Waals surface area contributed by atoms with Crippen LogP contribution < -0.4 is 0 Å². The van der Waals surface area contributed by atoms with Crippen molar-refractivity contribution in [3.05, 3.63) is 0 Å². The molecule has 0 heterocycles. The monoisotopic (exact) mass is 481 g/mol. The van der Waals surface area contributed by atoms with E-state index in [9.17, 15) is 5.11 Å². The Bertz CT molecular complexity index is 339. The Morgan fingerprint density at radius 3 is 0.676 bits per heavy atom. The molecule has 0 saturated carbocycles. The molecule has 0 aliphatic carbocycles. The highest BCUT2D eigenvalue weighted by molar-refractivity contribution is 4.58. The highest BCUT2D eigenvalue weighted by atomic mass is 16.3. The van der Waals surface area contributed by atoms with E-state index >= 15 is 0 Å². The van der Waals surface area contributed by atoms with Crippen LogP contribution in [-0.2, 0) is 0 Å². The predicted molar refractivity (Wildman–Crippen MR) is 156 cm³/mol. The van der Waals surface area contributed by atoms with E-state index in [1.165, 1.54) is 180 Å². The number of unbranched alkanes of at least 4 members (excludes halogenated alkanes) is 26. The average Bonchev–Trinajstić information content (AvgIpc) is 2.84. The molecule has 0 saturated heterocycles. The van der Waals surface area contributed by atoms with Gasteiger partial charge in [-0.15, -0.1) is 0 Å². The molecule has 34 heavy (non-hydrogen) atoms. The third-order valence-corrected chi connectivity index (χ3v) is 7.78. The van der Waals surface area contributed by atoms with Crippen LogP contribution in [0.5, 0.6) is 0 Å². The zero-order chi connectivity index (χ0) is 24.8. The van der Waals surface area contributed by atoms with Gasteiger partial charge in [-0.25, -0.2) is 0 Å². The molecule has 0 radical (unpaired) electrons. The maximum atomic E-state index is 10.2. The van der Waals surface area contributed by atoms with Crippen LogP contribution in [0.15, 0.2) is 0 Å². The Morgan fingerprint density at radius 1 is 0.294 bits per heavy atom. The summed E-state index contributed by atoms with van der Waals surface area (Å²) in [5, 5.41) is 10.2. The van der Waals surface area contributed by atoms with E-state index in [0.29, 0.717) is 0 Å². The average molecular weight is 481 g/mol. The second-order valence-electron chi connectivity index (χ2n) is 11.4. The van der Waals surface area contributed by atoms with E-state index in [0.717, 1.165) is 12.8 Å². The molecule has 0 aromatic rings. The first-order chi connectivity index (χ1) is 16.8. The highest BCUT2D eigenvalue weighted by Gasteiger charge is 2.04. The summed E-state index contributed by atoms with van der Waals surface area (Å²) in [7, 11) is 0. The lowest BCUT2D eigenvalue weighted by molar-refractivity contribution is 0.147. The van der Waals surface area contributed by atoms with Crippen LogP contribution in [0.25, 0.3) is 0 Å². The van der Waals surface area contributed by atoms with Crippen molar-refractivity contribution < 1.29 is 5.11 Å². The molecule has 0 amide bonds. The lowest BCUT2D eigenvalue weighted by Gasteiger charge is -2.10. The third kappa shape index (κ3) is 30.0. The van der Waals surface area contributed by atoms with Crippen molar-refractivity contribution in [2.24, 2.45) is 0 Å². The summed E-state index contributed by atoms with van der Waals surface area (Å²) in [5.74, 6) is 0. The molecule has 0 rings (SSSR count). The van der Waals surface area contributed by atoms with Gasteiger partial charge in [0.25, 0.3) is 0 Å². The van der Waals surface area contributed by atoms with Gasteiger partial charge in [0, 0.05) is 0 Å². The zero-order valence-corrected chi connectivity index (χ0v) is 24.2. The molecule has 1 N–H and O–H groups in total. The molecule has 0 aromatic heterocycles. The number of hydrogen-bond acceptors (Lipinski definition) is 1. The summed E-state index contributed by atoms with van der Waals surface area (Å²) < 4.78 is 0. The number of hydrogen-bond donors (Lipinski definition) is 1. The Labute approximate surface area is 217 Å². The lowest BCUT2D eigenvalue weighted by atomic mass is 10.0. The van der Waals surface area contributed by atoms with E-state index in [1.54, 1.807) is 0 Å². The lowest BCUT2D eigenvalue weighted by Crippen LogP contribution is -2.05. The van der Waals surface area contributed by atoms with Gasteiger partial charge in [0.15, 0.2) is 0 Å². The van der Waals surface area contributed by atoms with Crippen LogP contribution in [0, 0.1) is 0 Å². The van der Waals surface area contributed by atoms with E-state index in [1.807, 2.05) is 0 Å². The van der Waals surface area contributed by atoms with Gasteiger partial charge in [-0.1, -0.05) is 194 Å². The van der Waals surface area contributed by atoms with Gasteiger partial charge in [0.05, 0.1) is 6.10 Å². The number of aliphatic hydroxyl groups is 1. The summed E-state index contributed by atoms with van der Waals surface area (Å²) in [5.41, 5.74) is 0. The Hall–Kier alpha value is -0.0400. The van der Waals surface area contributed by atoms with Crippen LogP contribution >= 0.6 is 0 Å². The quantitative estimate of drug-likeness (QED) is 0.101. The fraction of sp³-hybridized carbons (Fsp3) is 1.00. The molecule has 0 aromatic carbocycles. The van der Waals surface area contributed by atoms with Gasteiger partial charge >= 0.3 is 0 Å². The minimum atomic E-state index is -0.0321. The van der Waals surface area contributed by atoms with Gasteiger partial charge < -0.3 is 5.11 Å². The van der Waals surface area contributed by atoms with Crippen LogP contribution in [-0.4, -0.2) is 11.2 Å². The van der Waals surface area contributed by atoms with Crippen LogP contribution in [0.4, 0.5) is 0 Å². The zero-order valence-electron chi connectivity index (χ0n) is 24.2. The molecular formula is C33H68O. The van der Waals surface area contributed by atoms with Crippen LogP contribution in [0.3, 0.4) is 0 Å². The molecule has 1 heteroatoms. The van der Waals surface area contributed by atoms with Crippen molar-refractivity contribution >= 4 is 0 Å². The Morgan fingerprint density at radius 2 is 0.471 bits per heavy atom. The van der Waals surface area contributed by atoms with Crippen molar-refractivity contribution in [2.75, 3.05) is 0 Å². The smallest absolute Gasteiger partial charge is 0.0540 e. The topological polar surface area (TPSA) is 20.2 Å². The summed E-state index contributed by atoms with van der Waals surface area (Å²) in [6.45, 7) is 4.58. The molecule has 0 fully saturated rings. The van der Waals surface area contributed by atoms with Crippen LogP contribution in [0.2, 0.25) is 0 Å².